The van der Waals surface area contributed by atoms with Gasteiger partial charge in [0.1, 0.15) is 0 Å². The van der Waals surface area contributed by atoms with Crippen LogP contribution < -0.4 is 15.0 Å². The van der Waals surface area contributed by atoms with Crippen molar-refractivity contribution in [2.75, 3.05) is 13.2 Å². The van der Waals surface area contributed by atoms with Crippen LogP contribution in [0.3, 0.4) is 0 Å². The Bertz CT molecular complexity index is 378. The molecule has 0 radical (unpaired) electrons. The number of hydrogen-bond acceptors (Lipinski definition) is 4. The largest absolute Gasteiger partial charge is 0.490 e. The van der Waals surface area contributed by atoms with Crippen LogP contribution in [-0.2, 0) is 0 Å². The second kappa shape index (κ2) is 4.18. The smallest absolute Gasteiger partial charge is 0.278 e. The fraction of sp³-hybridized carbons (Fsp3) is 0.300. The monoisotopic (exact) mass is 209 g/mol. The molecule has 1 amide bonds. The molecule has 15 heavy (non-hydrogen) atoms. The van der Waals surface area contributed by atoms with Crippen LogP contribution in [0.4, 0.5) is 0 Å². The Morgan fingerprint density at radius 3 is 2.93 bits per heavy atom. The standard InChI is InChI=1S/C10H11NO4/c12-10(11-13)7-3-1-4-8-9(7)15-6-2-5-14-8/h1,3-4,13H,2,5-6H2,(H,11,12). The minimum absolute atomic E-state index is 0.275. The van der Waals surface area contributed by atoms with Crippen LogP contribution in [0.2, 0.25) is 0 Å². The highest BCUT2D eigenvalue weighted by atomic mass is 16.5. The van der Waals surface area contributed by atoms with E-state index in [2.05, 4.69) is 0 Å². The molecule has 0 atom stereocenters. The van der Waals surface area contributed by atoms with E-state index in [0.717, 1.165) is 6.42 Å². The van der Waals surface area contributed by atoms with Gasteiger partial charge in [-0.3, -0.25) is 10.0 Å². The predicted octanol–water partition coefficient (Wildman–Crippen LogP) is 0.967. The van der Waals surface area contributed by atoms with Crippen molar-refractivity contribution in [3.8, 4) is 11.5 Å². The third kappa shape index (κ3) is 1.87. The molecule has 1 aromatic carbocycles. The van der Waals surface area contributed by atoms with E-state index >= 15 is 0 Å². The number of rotatable bonds is 1. The molecule has 1 aliphatic rings. The van der Waals surface area contributed by atoms with E-state index in [4.69, 9.17) is 14.7 Å². The number of hydrogen-bond donors (Lipinski definition) is 2. The minimum atomic E-state index is -0.600. The van der Waals surface area contributed by atoms with Crippen LogP contribution in [0.5, 0.6) is 11.5 Å². The van der Waals surface area contributed by atoms with Crippen molar-refractivity contribution in [2.24, 2.45) is 0 Å². The maximum Gasteiger partial charge on any atom is 0.278 e. The fourth-order valence-electron chi connectivity index (χ4n) is 1.43. The minimum Gasteiger partial charge on any atom is -0.490 e. The van der Waals surface area contributed by atoms with Gasteiger partial charge in [-0.15, -0.1) is 0 Å². The molecule has 80 valence electrons. The van der Waals surface area contributed by atoms with Gasteiger partial charge in [0.25, 0.3) is 5.91 Å². The maximum atomic E-state index is 11.3. The molecular weight excluding hydrogens is 198 g/mol. The van der Waals surface area contributed by atoms with E-state index in [1.807, 2.05) is 0 Å². The Balaban J connectivity index is 2.43. The molecule has 0 fully saturated rings. The van der Waals surface area contributed by atoms with Crippen molar-refractivity contribution in [1.29, 1.82) is 0 Å². The van der Waals surface area contributed by atoms with Gasteiger partial charge in [0.05, 0.1) is 18.8 Å². The highest BCUT2D eigenvalue weighted by molar-refractivity contribution is 5.97. The van der Waals surface area contributed by atoms with E-state index in [1.54, 1.807) is 23.7 Å². The molecule has 0 saturated carbocycles. The number of benzene rings is 1. The van der Waals surface area contributed by atoms with Gasteiger partial charge >= 0.3 is 0 Å². The third-order valence-electron chi connectivity index (χ3n) is 2.12. The van der Waals surface area contributed by atoms with E-state index < -0.39 is 5.91 Å². The number of para-hydroxylation sites is 1. The highest BCUT2D eigenvalue weighted by Crippen LogP contribution is 2.32. The van der Waals surface area contributed by atoms with Crippen molar-refractivity contribution < 1.29 is 19.5 Å². The quantitative estimate of drug-likeness (QED) is 0.534. The molecule has 0 bridgehead atoms. The lowest BCUT2D eigenvalue weighted by Crippen LogP contribution is -2.19. The number of fused-ring (bicyclic) bond motifs is 1. The van der Waals surface area contributed by atoms with Gasteiger partial charge in [-0.05, 0) is 12.1 Å². The summed E-state index contributed by atoms with van der Waals surface area (Å²) in [4.78, 5) is 11.3. The van der Waals surface area contributed by atoms with Crippen LogP contribution in [-0.4, -0.2) is 24.3 Å². The summed E-state index contributed by atoms with van der Waals surface area (Å²) in [5.74, 6) is 0.326. The molecule has 5 heteroatoms. The van der Waals surface area contributed by atoms with E-state index in [9.17, 15) is 4.79 Å². The molecule has 5 nitrogen and oxygen atoms in total. The van der Waals surface area contributed by atoms with Crippen LogP contribution in [0, 0.1) is 0 Å². The lowest BCUT2D eigenvalue weighted by molar-refractivity contribution is 0.0702. The number of ether oxygens (including phenoxy) is 2. The average molecular weight is 209 g/mol. The molecule has 1 aliphatic heterocycles. The second-order valence-electron chi connectivity index (χ2n) is 3.12. The SMILES string of the molecule is O=C(NO)c1cccc2c1OCCCO2. The Labute approximate surface area is 86.6 Å². The number of amides is 1. The Kier molecular flexibility index (Phi) is 2.73. The summed E-state index contributed by atoms with van der Waals surface area (Å²) in [5.41, 5.74) is 1.85. The summed E-state index contributed by atoms with van der Waals surface area (Å²) in [6.07, 6.45) is 0.773. The van der Waals surface area contributed by atoms with Crippen molar-refractivity contribution in [3.05, 3.63) is 23.8 Å². The Morgan fingerprint density at radius 2 is 2.13 bits per heavy atom. The molecule has 2 rings (SSSR count). The molecule has 2 N–H and O–H groups in total. The summed E-state index contributed by atoms with van der Waals surface area (Å²) in [6.45, 7) is 1.07. The fourth-order valence-corrected chi connectivity index (χ4v) is 1.43. The van der Waals surface area contributed by atoms with Crippen LogP contribution >= 0.6 is 0 Å². The van der Waals surface area contributed by atoms with Crippen LogP contribution in [0.25, 0.3) is 0 Å². The van der Waals surface area contributed by atoms with E-state index in [1.165, 1.54) is 0 Å². The van der Waals surface area contributed by atoms with Gasteiger partial charge in [-0.1, -0.05) is 6.07 Å². The summed E-state index contributed by atoms with van der Waals surface area (Å²) in [7, 11) is 0. The van der Waals surface area contributed by atoms with Gasteiger partial charge < -0.3 is 9.47 Å². The maximum absolute atomic E-state index is 11.3. The molecule has 0 aromatic heterocycles. The zero-order valence-electron chi connectivity index (χ0n) is 8.03. The number of carbonyl (C=O) groups is 1. The summed E-state index contributed by atoms with van der Waals surface area (Å²) < 4.78 is 10.8. The summed E-state index contributed by atoms with van der Waals surface area (Å²) in [5, 5.41) is 8.56. The van der Waals surface area contributed by atoms with Crippen molar-refractivity contribution in [2.45, 2.75) is 6.42 Å². The first kappa shape index (κ1) is 9.79. The first-order valence-corrected chi connectivity index (χ1v) is 4.66. The van der Waals surface area contributed by atoms with Gasteiger partial charge in [0.15, 0.2) is 11.5 Å². The van der Waals surface area contributed by atoms with Crippen LogP contribution in [0.1, 0.15) is 16.8 Å². The zero-order chi connectivity index (χ0) is 10.7. The highest BCUT2D eigenvalue weighted by Gasteiger charge is 2.18. The molecule has 1 heterocycles. The normalized spacial score (nSPS) is 14.2. The van der Waals surface area contributed by atoms with Gasteiger partial charge in [-0.2, -0.15) is 0 Å². The van der Waals surface area contributed by atoms with Crippen LogP contribution in [0.15, 0.2) is 18.2 Å². The third-order valence-corrected chi connectivity index (χ3v) is 2.12. The topological polar surface area (TPSA) is 67.8 Å². The zero-order valence-corrected chi connectivity index (χ0v) is 8.03. The Morgan fingerprint density at radius 1 is 1.33 bits per heavy atom. The summed E-state index contributed by atoms with van der Waals surface area (Å²) >= 11 is 0. The first-order valence-electron chi connectivity index (χ1n) is 4.66. The lowest BCUT2D eigenvalue weighted by atomic mass is 10.2. The lowest BCUT2D eigenvalue weighted by Gasteiger charge is -2.10. The molecular formula is C10H11NO4. The predicted molar refractivity (Wildman–Crippen MR) is 51.3 cm³/mol. The molecule has 0 unspecified atom stereocenters. The van der Waals surface area contributed by atoms with E-state index in [0.29, 0.717) is 24.7 Å². The number of nitrogens with one attached hydrogen (secondary N) is 1. The van der Waals surface area contributed by atoms with Gasteiger partial charge in [0.2, 0.25) is 0 Å². The van der Waals surface area contributed by atoms with Crippen molar-refractivity contribution in [1.82, 2.24) is 5.48 Å². The second-order valence-corrected chi connectivity index (χ2v) is 3.12. The van der Waals surface area contributed by atoms with Gasteiger partial charge in [0, 0.05) is 6.42 Å². The molecule has 0 spiro atoms. The van der Waals surface area contributed by atoms with Gasteiger partial charge in [-0.25, -0.2) is 5.48 Å². The molecule has 0 saturated heterocycles. The molecule has 1 aromatic rings. The number of carbonyl (C=O) groups excluding carboxylic acids is 1. The first-order chi connectivity index (χ1) is 7.33. The van der Waals surface area contributed by atoms with E-state index in [-0.39, 0.29) is 5.56 Å². The Hall–Kier alpha value is -1.75. The average Bonchev–Trinajstić information content (AvgIpc) is 2.52. The van der Waals surface area contributed by atoms with Crippen molar-refractivity contribution >= 4 is 5.91 Å². The molecule has 0 aliphatic carbocycles. The number of hydroxylamine groups is 1. The summed E-state index contributed by atoms with van der Waals surface area (Å²) in [6, 6.07) is 4.98. The van der Waals surface area contributed by atoms with Crippen molar-refractivity contribution in [3.63, 3.8) is 0 Å².